The average molecular weight is 563 g/mol. The van der Waals surface area contributed by atoms with E-state index in [-0.39, 0.29) is 23.8 Å². The molecule has 36 heavy (non-hydrogen) atoms. The summed E-state index contributed by atoms with van der Waals surface area (Å²) in [5, 5.41) is 7.65. The third-order valence-electron chi connectivity index (χ3n) is 6.51. The maximum absolute atomic E-state index is 12.2. The molecule has 0 bridgehead atoms. The number of halogens is 1. The number of hydrogen-bond donors (Lipinski definition) is 1. The molecule has 1 N–H and O–H groups in total. The van der Waals surface area contributed by atoms with Crippen LogP contribution in [0, 0.1) is 0 Å². The highest BCUT2D eigenvalue weighted by molar-refractivity contribution is 9.10. The van der Waals surface area contributed by atoms with Gasteiger partial charge in [0.2, 0.25) is 0 Å². The van der Waals surface area contributed by atoms with E-state index in [1.54, 1.807) is 18.1 Å². The number of piperidine rings is 1. The van der Waals surface area contributed by atoms with Gasteiger partial charge in [0.1, 0.15) is 10.1 Å². The van der Waals surface area contributed by atoms with Crippen molar-refractivity contribution in [3.63, 3.8) is 0 Å². The summed E-state index contributed by atoms with van der Waals surface area (Å²) in [4.78, 5) is 28.2. The number of anilines is 1. The average Bonchev–Trinajstić information content (AvgIpc) is 2.77. The summed E-state index contributed by atoms with van der Waals surface area (Å²) in [5.41, 5.74) is 2.49. The van der Waals surface area contributed by atoms with Gasteiger partial charge in [0.25, 0.3) is 5.56 Å². The van der Waals surface area contributed by atoms with Gasteiger partial charge in [-0.25, -0.2) is 9.48 Å². The number of amides is 1. The van der Waals surface area contributed by atoms with Crippen LogP contribution >= 0.6 is 15.9 Å². The van der Waals surface area contributed by atoms with Gasteiger partial charge in [-0.2, -0.15) is 5.10 Å². The molecule has 0 radical (unpaired) electrons. The number of ether oxygens (including phenoxy) is 2. The maximum atomic E-state index is 12.2. The van der Waals surface area contributed by atoms with Crippen LogP contribution in [0.1, 0.15) is 44.2 Å². The predicted octanol–water partition coefficient (Wildman–Crippen LogP) is 3.58. The lowest BCUT2D eigenvalue weighted by molar-refractivity contribution is -0.0691. The summed E-state index contributed by atoms with van der Waals surface area (Å²) >= 11 is 3.41. The van der Waals surface area contributed by atoms with E-state index >= 15 is 0 Å². The number of likely N-dealkylation sites (tertiary alicyclic amines) is 2. The van der Waals surface area contributed by atoms with E-state index in [0.29, 0.717) is 30.1 Å². The molecule has 9 nitrogen and oxygen atoms in total. The first-order valence-corrected chi connectivity index (χ1v) is 13.1. The number of carbonyl (C=O) groups excluding carboxylic acids is 1. The Labute approximate surface area is 220 Å². The van der Waals surface area contributed by atoms with E-state index in [1.807, 2.05) is 20.8 Å². The van der Waals surface area contributed by atoms with Crippen molar-refractivity contribution in [1.29, 1.82) is 0 Å². The van der Waals surface area contributed by atoms with E-state index < -0.39 is 5.60 Å². The second kappa shape index (κ2) is 10.9. The molecule has 0 aliphatic carbocycles. The third kappa shape index (κ3) is 6.66. The summed E-state index contributed by atoms with van der Waals surface area (Å²) in [6.07, 6.45) is 2.42. The Morgan fingerprint density at radius 3 is 2.50 bits per heavy atom. The topological polar surface area (TPSA) is 88.9 Å². The number of likely N-dealkylation sites (N-methyl/N-ethyl adjacent to an activating group) is 1. The van der Waals surface area contributed by atoms with Crippen LogP contribution in [-0.2, 0) is 23.1 Å². The Morgan fingerprint density at radius 2 is 1.83 bits per heavy atom. The molecule has 2 aliphatic heterocycles. The second-order valence-electron chi connectivity index (χ2n) is 10.9. The van der Waals surface area contributed by atoms with Gasteiger partial charge in [0.05, 0.1) is 37.7 Å². The first-order valence-electron chi connectivity index (χ1n) is 12.3. The zero-order valence-electron chi connectivity index (χ0n) is 21.7. The van der Waals surface area contributed by atoms with Gasteiger partial charge in [0.15, 0.2) is 0 Å². The smallest absolute Gasteiger partial charge is 0.410 e. The molecule has 1 amide bonds. The summed E-state index contributed by atoms with van der Waals surface area (Å²) in [6, 6.07) is 8.82. The number of hydrogen-bond acceptors (Lipinski definition) is 7. The summed E-state index contributed by atoms with van der Waals surface area (Å²) in [5.74, 6) is 0.378. The van der Waals surface area contributed by atoms with Crippen molar-refractivity contribution in [2.24, 2.45) is 7.05 Å². The van der Waals surface area contributed by atoms with Crippen LogP contribution in [0.5, 0.6) is 0 Å². The lowest BCUT2D eigenvalue weighted by Crippen LogP contribution is -2.55. The molecule has 196 valence electrons. The largest absolute Gasteiger partial charge is 0.444 e. The van der Waals surface area contributed by atoms with E-state index in [9.17, 15) is 9.59 Å². The van der Waals surface area contributed by atoms with Gasteiger partial charge in [-0.3, -0.25) is 4.79 Å². The van der Waals surface area contributed by atoms with Gasteiger partial charge < -0.3 is 24.6 Å². The van der Waals surface area contributed by atoms with Crippen molar-refractivity contribution in [3.8, 4) is 0 Å². The quantitative estimate of drug-likeness (QED) is 0.576. The number of nitrogens with zero attached hydrogens (tertiary/aromatic N) is 4. The molecular formula is C26H36BrN5O4. The minimum absolute atomic E-state index is 0.0413. The first-order chi connectivity index (χ1) is 17.0. The summed E-state index contributed by atoms with van der Waals surface area (Å²) in [6.45, 7) is 9.13. The monoisotopic (exact) mass is 561 g/mol. The Kier molecular flexibility index (Phi) is 8.06. The second-order valence-corrected chi connectivity index (χ2v) is 11.6. The lowest BCUT2D eigenvalue weighted by atomic mass is 9.88. The Morgan fingerprint density at radius 1 is 1.14 bits per heavy atom. The normalized spacial score (nSPS) is 21.2. The van der Waals surface area contributed by atoms with Gasteiger partial charge in [-0.05, 0) is 67.2 Å². The molecule has 2 fully saturated rings. The molecule has 2 saturated heterocycles. The number of rotatable bonds is 6. The summed E-state index contributed by atoms with van der Waals surface area (Å²) in [7, 11) is 3.76. The van der Waals surface area contributed by atoms with Crippen LogP contribution in [0.25, 0.3) is 0 Å². The molecule has 0 unspecified atom stereocenters. The van der Waals surface area contributed by atoms with Crippen LogP contribution < -0.4 is 10.9 Å². The standard InChI is InChI=1S/C26H36BrN5O4/c1-26(2,3)36-25(34)32-14-21(15-32)35-16-17-6-8-18(9-7-17)19-10-20(13-30(4)12-19)29-22-11-28-31(5)24(33)23(22)27/h6-9,11,19-21,29H,10,12-16H2,1-5H3/t19-,20+/m0/s1. The van der Waals surface area contributed by atoms with Crippen molar-refractivity contribution >= 4 is 27.7 Å². The van der Waals surface area contributed by atoms with Crippen molar-refractivity contribution in [1.82, 2.24) is 19.6 Å². The molecular weight excluding hydrogens is 526 g/mol. The summed E-state index contributed by atoms with van der Waals surface area (Å²) < 4.78 is 13.2. The van der Waals surface area contributed by atoms with Crippen molar-refractivity contribution in [3.05, 3.63) is 56.4 Å². The van der Waals surface area contributed by atoms with Crippen LogP contribution in [0.15, 0.2) is 39.7 Å². The van der Waals surface area contributed by atoms with Gasteiger partial charge in [0, 0.05) is 26.2 Å². The maximum Gasteiger partial charge on any atom is 0.410 e. The fourth-order valence-corrected chi connectivity index (χ4v) is 5.09. The third-order valence-corrected chi connectivity index (χ3v) is 7.27. The Hall–Kier alpha value is -2.43. The number of aromatic nitrogens is 2. The zero-order valence-corrected chi connectivity index (χ0v) is 23.2. The van der Waals surface area contributed by atoms with E-state index in [4.69, 9.17) is 9.47 Å². The Bertz CT molecular complexity index is 1120. The number of benzene rings is 1. The number of carbonyl (C=O) groups is 1. The van der Waals surface area contributed by atoms with E-state index in [1.165, 1.54) is 10.2 Å². The van der Waals surface area contributed by atoms with Crippen molar-refractivity contribution < 1.29 is 14.3 Å². The zero-order chi connectivity index (χ0) is 26.0. The predicted molar refractivity (Wildman–Crippen MR) is 142 cm³/mol. The van der Waals surface area contributed by atoms with E-state index in [0.717, 1.165) is 30.8 Å². The van der Waals surface area contributed by atoms with E-state index in [2.05, 4.69) is 62.6 Å². The molecule has 10 heteroatoms. The number of aryl methyl sites for hydroxylation is 1. The van der Waals surface area contributed by atoms with Crippen LogP contribution in [0.2, 0.25) is 0 Å². The van der Waals surface area contributed by atoms with Gasteiger partial charge in [-0.1, -0.05) is 24.3 Å². The molecule has 0 spiro atoms. The van der Waals surface area contributed by atoms with Gasteiger partial charge >= 0.3 is 6.09 Å². The van der Waals surface area contributed by atoms with Crippen molar-refractivity contribution in [2.45, 2.75) is 57.5 Å². The fraction of sp³-hybridized carbons (Fsp3) is 0.577. The molecule has 2 atom stereocenters. The molecule has 1 aromatic heterocycles. The first kappa shape index (κ1) is 26.6. The fourth-order valence-electron chi connectivity index (χ4n) is 4.62. The van der Waals surface area contributed by atoms with Gasteiger partial charge in [-0.15, -0.1) is 0 Å². The molecule has 1 aromatic carbocycles. The molecule has 2 aliphatic rings. The molecule has 3 heterocycles. The van der Waals surface area contributed by atoms with Crippen molar-refractivity contribution in [2.75, 3.05) is 38.5 Å². The highest BCUT2D eigenvalue weighted by Gasteiger charge is 2.34. The van der Waals surface area contributed by atoms with Crippen LogP contribution in [-0.4, -0.2) is 76.6 Å². The highest BCUT2D eigenvalue weighted by Crippen LogP contribution is 2.29. The highest BCUT2D eigenvalue weighted by atomic mass is 79.9. The molecule has 2 aromatic rings. The minimum Gasteiger partial charge on any atom is -0.444 e. The number of nitrogens with one attached hydrogen (secondary N) is 1. The Balaban J connectivity index is 1.28. The lowest BCUT2D eigenvalue weighted by Gasteiger charge is -2.39. The SMILES string of the molecule is CN1C[C@H](Nc2cnn(C)c(=O)c2Br)C[C@H](c2ccc(COC3CN(C(=O)OC(C)(C)C)C3)cc2)C1. The minimum atomic E-state index is -0.484. The van der Waals surface area contributed by atoms with Crippen LogP contribution in [0.4, 0.5) is 10.5 Å². The molecule has 0 saturated carbocycles. The molecule has 4 rings (SSSR count). The van der Waals surface area contributed by atoms with Crippen LogP contribution in [0.3, 0.4) is 0 Å².